The van der Waals surface area contributed by atoms with Gasteiger partial charge in [-0.15, -0.1) is 0 Å². The Morgan fingerprint density at radius 1 is 0.933 bits per heavy atom. The van der Waals surface area contributed by atoms with E-state index in [1.165, 1.54) is 31.2 Å². The van der Waals surface area contributed by atoms with Crippen molar-refractivity contribution < 1.29 is 40.8 Å². The number of anilines is 1. The van der Waals surface area contributed by atoms with Gasteiger partial charge in [-0.2, -0.15) is 26.3 Å². The Hall–Kier alpha value is -2.79. The summed E-state index contributed by atoms with van der Waals surface area (Å²) in [4.78, 5) is 28.8. The lowest BCUT2D eigenvalue weighted by molar-refractivity contribution is -0.143. The Morgan fingerprint density at radius 3 is 1.90 bits per heavy atom. The van der Waals surface area contributed by atoms with Crippen LogP contribution in [0.15, 0.2) is 42.5 Å². The van der Waals surface area contributed by atoms with E-state index in [1.54, 1.807) is 5.48 Å². The zero-order valence-electron chi connectivity index (χ0n) is 15.0. The summed E-state index contributed by atoms with van der Waals surface area (Å²) in [6, 6.07) is 6.32. The van der Waals surface area contributed by atoms with E-state index in [0.717, 1.165) is 0 Å². The molecule has 2 aromatic carbocycles. The van der Waals surface area contributed by atoms with Crippen molar-refractivity contribution in [2.45, 2.75) is 25.4 Å². The van der Waals surface area contributed by atoms with E-state index in [0.29, 0.717) is 10.7 Å². The maximum absolute atomic E-state index is 12.9. The standard InChI is InChI=1S/C18H13ClF6N2O3/c1-9(15(28)26-14-4-2-13(19)3-5-14)30-27-16(29)10-6-11(17(20,21)22)8-12(7-10)18(23,24)25/h2-9H,1H3,(H,26,28)(H,27,29). The number of hydrogen-bond donors (Lipinski definition) is 2. The first-order chi connectivity index (χ1) is 13.8. The van der Waals surface area contributed by atoms with Crippen molar-refractivity contribution in [2.75, 3.05) is 5.32 Å². The fourth-order valence-corrected chi connectivity index (χ4v) is 2.24. The van der Waals surface area contributed by atoms with Gasteiger partial charge in [0, 0.05) is 16.3 Å². The number of nitrogens with one attached hydrogen (secondary N) is 2. The Morgan fingerprint density at radius 2 is 1.43 bits per heavy atom. The molecule has 0 heterocycles. The minimum atomic E-state index is -5.11. The third-order valence-electron chi connectivity index (χ3n) is 3.66. The van der Waals surface area contributed by atoms with Crippen molar-refractivity contribution in [3.8, 4) is 0 Å². The average Bonchev–Trinajstić information content (AvgIpc) is 2.65. The normalized spacial score (nSPS) is 12.9. The molecule has 0 radical (unpaired) electrons. The van der Waals surface area contributed by atoms with Crippen LogP contribution in [0.25, 0.3) is 0 Å². The highest BCUT2D eigenvalue weighted by Gasteiger charge is 2.37. The molecule has 0 bridgehead atoms. The molecule has 0 saturated heterocycles. The Bertz CT molecular complexity index is 897. The quantitative estimate of drug-likeness (QED) is 0.490. The number of carbonyl (C=O) groups excluding carboxylic acids is 2. The van der Waals surface area contributed by atoms with E-state index in [-0.39, 0.29) is 18.2 Å². The molecule has 0 aliphatic heterocycles. The highest BCUT2D eigenvalue weighted by molar-refractivity contribution is 6.30. The zero-order chi connectivity index (χ0) is 22.7. The molecule has 2 rings (SSSR count). The fourth-order valence-electron chi connectivity index (χ4n) is 2.12. The summed E-state index contributed by atoms with van der Waals surface area (Å²) < 4.78 is 77.2. The van der Waals surface area contributed by atoms with Crippen molar-refractivity contribution in [3.63, 3.8) is 0 Å². The Labute approximate surface area is 170 Å². The van der Waals surface area contributed by atoms with Gasteiger partial charge in [0.15, 0.2) is 6.10 Å². The van der Waals surface area contributed by atoms with Gasteiger partial charge < -0.3 is 5.32 Å². The number of rotatable bonds is 5. The van der Waals surface area contributed by atoms with Crippen LogP contribution >= 0.6 is 11.6 Å². The second-order valence-corrected chi connectivity index (χ2v) is 6.42. The summed E-state index contributed by atoms with van der Waals surface area (Å²) in [5, 5.41) is 2.84. The molecule has 0 fully saturated rings. The van der Waals surface area contributed by atoms with Gasteiger partial charge >= 0.3 is 12.4 Å². The van der Waals surface area contributed by atoms with Crippen molar-refractivity contribution >= 4 is 29.1 Å². The SMILES string of the molecule is CC(ONC(=O)c1cc(C(F)(F)F)cc(C(F)(F)F)c1)C(=O)Nc1ccc(Cl)cc1. The molecular weight excluding hydrogens is 442 g/mol. The minimum absolute atomic E-state index is 0.111. The van der Waals surface area contributed by atoms with E-state index in [1.807, 2.05) is 0 Å². The largest absolute Gasteiger partial charge is 0.416 e. The number of amides is 2. The lowest BCUT2D eigenvalue weighted by atomic mass is 10.0. The topological polar surface area (TPSA) is 67.4 Å². The van der Waals surface area contributed by atoms with E-state index in [2.05, 4.69) is 5.32 Å². The number of benzene rings is 2. The van der Waals surface area contributed by atoms with Crippen LogP contribution in [-0.2, 0) is 22.0 Å². The van der Waals surface area contributed by atoms with Crippen molar-refractivity contribution in [1.29, 1.82) is 0 Å². The smallest absolute Gasteiger partial charge is 0.324 e. The third-order valence-corrected chi connectivity index (χ3v) is 3.91. The van der Waals surface area contributed by atoms with E-state index in [9.17, 15) is 35.9 Å². The number of hydrogen-bond acceptors (Lipinski definition) is 3. The molecule has 2 aromatic rings. The number of carbonyl (C=O) groups is 2. The second kappa shape index (κ2) is 8.92. The maximum Gasteiger partial charge on any atom is 0.416 e. The number of hydroxylamine groups is 1. The predicted octanol–water partition coefficient (Wildman–Crippen LogP) is 5.07. The molecule has 1 unspecified atom stereocenters. The van der Waals surface area contributed by atoms with Crippen molar-refractivity contribution in [3.05, 3.63) is 64.2 Å². The molecule has 0 spiro atoms. The molecule has 12 heteroatoms. The van der Waals surface area contributed by atoms with Gasteiger partial charge in [0.1, 0.15) is 0 Å². The molecule has 0 aliphatic carbocycles. The predicted molar refractivity (Wildman–Crippen MR) is 94.5 cm³/mol. The minimum Gasteiger partial charge on any atom is -0.324 e. The van der Waals surface area contributed by atoms with Gasteiger partial charge in [0.25, 0.3) is 11.8 Å². The number of alkyl halides is 6. The fraction of sp³-hybridized carbons (Fsp3) is 0.222. The van der Waals surface area contributed by atoms with Gasteiger partial charge in [-0.25, -0.2) is 5.48 Å². The molecule has 0 aliphatic rings. The van der Waals surface area contributed by atoms with Crippen molar-refractivity contribution in [2.24, 2.45) is 0 Å². The summed E-state index contributed by atoms with van der Waals surface area (Å²) in [5.41, 5.74) is -2.23. The van der Waals surface area contributed by atoms with E-state index >= 15 is 0 Å². The highest BCUT2D eigenvalue weighted by atomic mass is 35.5. The third kappa shape index (κ3) is 6.36. The van der Waals surface area contributed by atoms with Crippen LogP contribution in [0.5, 0.6) is 0 Å². The molecular formula is C18H13ClF6N2O3. The summed E-state index contributed by atoms with van der Waals surface area (Å²) in [6.07, 6.45) is -11.5. The molecule has 2 N–H and O–H groups in total. The Balaban J connectivity index is 2.09. The first kappa shape index (κ1) is 23.5. The molecule has 0 saturated carbocycles. The van der Waals surface area contributed by atoms with Gasteiger partial charge in [-0.1, -0.05) is 11.6 Å². The van der Waals surface area contributed by atoms with Gasteiger partial charge in [-0.05, 0) is 49.4 Å². The van der Waals surface area contributed by atoms with Crippen LogP contribution in [0.1, 0.15) is 28.4 Å². The van der Waals surface area contributed by atoms with Crippen LogP contribution in [0.4, 0.5) is 32.0 Å². The van der Waals surface area contributed by atoms with E-state index < -0.39 is 47.0 Å². The van der Waals surface area contributed by atoms with E-state index in [4.69, 9.17) is 16.4 Å². The first-order valence-electron chi connectivity index (χ1n) is 8.09. The molecule has 162 valence electrons. The van der Waals surface area contributed by atoms with Gasteiger partial charge in [-0.3, -0.25) is 14.4 Å². The average molecular weight is 455 g/mol. The summed E-state index contributed by atoms with van der Waals surface area (Å²) in [7, 11) is 0. The first-order valence-corrected chi connectivity index (χ1v) is 8.47. The zero-order valence-corrected chi connectivity index (χ0v) is 15.7. The van der Waals surface area contributed by atoms with Crippen LogP contribution in [-0.4, -0.2) is 17.9 Å². The van der Waals surface area contributed by atoms with Crippen LogP contribution in [0.3, 0.4) is 0 Å². The van der Waals surface area contributed by atoms with Crippen LogP contribution in [0.2, 0.25) is 5.02 Å². The lowest BCUT2D eigenvalue weighted by Gasteiger charge is -2.16. The second-order valence-electron chi connectivity index (χ2n) is 5.98. The molecule has 1 atom stereocenters. The molecule has 30 heavy (non-hydrogen) atoms. The van der Waals surface area contributed by atoms with Crippen molar-refractivity contribution in [1.82, 2.24) is 5.48 Å². The van der Waals surface area contributed by atoms with Crippen LogP contribution in [0, 0.1) is 0 Å². The summed E-state index contributed by atoms with van der Waals surface area (Å²) in [6.45, 7) is 1.21. The van der Waals surface area contributed by atoms with Gasteiger partial charge in [0.2, 0.25) is 0 Å². The maximum atomic E-state index is 12.9. The lowest BCUT2D eigenvalue weighted by Crippen LogP contribution is -2.35. The number of halogens is 7. The highest BCUT2D eigenvalue weighted by Crippen LogP contribution is 2.36. The van der Waals surface area contributed by atoms with Gasteiger partial charge in [0.05, 0.1) is 11.1 Å². The Kier molecular flexibility index (Phi) is 6.99. The van der Waals surface area contributed by atoms with Crippen LogP contribution < -0.4 is 10.8 Å². The molecule has 5 nitrogen and oxygen atoms in total. The summed E-state index contributed by atoms with van der Waals surface area (Å²) in [5.74, 6) is -2.13. The summed E-state index contributed by atoms with van der Waals surface area (Å²) >= 11 is 5.71. The molecule has 2 amide bonds. The molecule has 0 aromatic heterocycles. The monoisotopic (exact) mass is 454 g/mol.